The Labute approximate surface area is 98.6 Å². The number of nitrogens with one attached hydrogen (secondary N) is 1. The molecule has 0 spiro atoms. The minimum absolute atomic E-state index is 0.00755. The van der Waals surface area contributed by atoms with Crippen LogP contribution in [0.1, 0.15) is 58.8 Å². The van der Waals surface area contributed by atoms with Crippen LogP contribution in [-0.2, 0) is 4.79 Å². The number of rotatable bonds is 6. The second kappa shape index (κ2) is 6.24. The van der Waals surface area contributed by atoms with Crippen molar-refractivity contribution in [1.29, 1.82) is 0 Å². The fourth-order valence-corrected chi connectivity index (χ4v) is 2.31. The highest BCUT2D eigenvalue weighted by atomic mass is 16.3. The summed E-state index contributed by atoms with van der Waals surface area (Å²) in [4.78, 5) is 11.6. The molecule has 1 rings (SSSR count). The standard InChI is InChI=1S/C13H25NO2/c1-11(2)6-5-9-14-12(15)10-13(16)7-3-4-8-13/h11,16H,3-10H2,1-2H3,(H,14,15). The minimum atomic E-state index is -0.706. The maximum Gasteiger partial charge on any atom is 0.222 e. The lowest BCUT2D eigenvalue weighted by atomic mass is 9.97. The number of carbonyl (C=O) groups is 1. The van der Waals surface area contributed by atoms with Crippen LogP contribution in [0.2, 0.25) is 0 Å². The molecular weight excluding hydrogens is 202 g/mol. The molecule has 0 aromatic heterocycles. The van der Waals surface area contributed by atoms with Crippen LogP contribution in [0.15, 0.2) is 0 Å². The van der Waals surface area contributed by atoms with Gasteiger partial charge in [-0.15, -0.1) is 0 Å². The van der Waals surface area contributed by atoms with Gasteiger partial charge in [0, 0.05) is 6.54 Å². The molecule has 16 heavy (non-hydrogen) atoms. The lowest BCUT2D eigenvalue weighted by molar-refractivity contribution is -0.125. The summed E-state index contributed by atoms with van der Waals surface area (Å²) in [6.07, 6.45) is 6.13. The fraction of sp³-hybridized carbons (Fsp3) is 0.923. The summed E-state index contributed by atoms with van der Waals surface area (Å²) < 4.78 is 0. The van der Waals surface area contributed by atoms with Crippen molar-refractivity contribution in [3.05, 3.63) is 0 Å². The molecule has 2 N–H and O–H groups in total. The van der Waals surface area contributed by atoms with Crippen molar-refractivity contribution in [2.24, 2.45) is 5.92 Å². The molecule has 0 aromatic rings. The van der Waals surface area contributed by atoms with Crippen LogP contribution in [-0.4, -0.2) is 23.2 Å². The van der Waals surface area contributed by atoms with Crippen molar-refractivity contribution in [2.45, 2.75) is 64.4 Å². The zero-order chi connectivity index (χ0) is 12.0. The third kappa shape index (κ3) is 4.97. The molecule has 1 aliphatic carbocycles. The van der Waals surface area contributed by atoms with Crippen LogP contribution in [0.5, 0.6) is 0 Å². The Bertz CT molecular complexity index is 220. The van der Waals surface area contributed by atoms with Gasteiger partial charge in [-0.25, -0.2) is 0 Å². The molecule has 0 bridgehead atoms. The Hall–Kier alpha value is -0.570. The van der Waals surface area contributed by atoms with Crippen LogP contribution in [0.3, 0.4) is 0 Å². The van der Waals surface area contributed by atoms with E-state index < -0.39 is 5.60 Å². The fourth-order valence-electron chi connectivity index (χ4n) is 2.31. The number of carbonyl (C=O) groups excluding carboxylic acids is 1. The molecule has 1 amide bonds. The van der Waals surface area contributed by atoms with Crippen LogP contribution in [0.25, 0.3) is 0 Å². The SMILES string of the molecule is CC(C)CCCNC(=O)CC1(O)CCCC1. The van der Waals surface area contributed by atoms with E-state index in [4.69, 9.17) is 0 Å². The van der Waals surface area contributed by atoms with Crippen LogP contribution >= 0.6 is 0 Å². The van der Waals surface area contributed by atoms with E-state index in [0.29, 0.717) is 5.92 Å². The highest BCUT2D eigenvalue weighted by molar-refractivity contribution is 5.77. The van der Waals surface area contributed by atoms with Gasteiger partial charge in [-0.05, 0) is 31.6 Å². The van der Waals surface area contributed by atoms with E-state index in [2.05, 4.69) is 19.2 Å². The van der Waals surface area contributed by atoms with E-state index >= 15 is 0 Å². The van der Waals surface area contributed by atoms with Crippen molar-refractivity contribution in [2.75, 3.05) is 6.54 Å². The van der Waals surface area contributed by atoms with Crippen molar-refractivity contribution >= 4 is 5.91 Å². The van der Waals surface area contributed by atoms with Crippen molar-refractivity contribution in [1.82, 2.24) is 5.32 Å². The quantitative estimate of drug-likeness (QED) is 0.684. The predicted molar refractivity (Wildman–Crippen MR) is 65.1 cm³/mol. The minimum Gasteiger partial charge on any atom is -0.389 e. The summed E-state index contributed by atoms with van der Waals surface area (Å²) in [6.45, 7) is 5.11. The van der Waals surface area contributed by atoms with Crippen LogP contribution < -0.4 is 5.32 Å². The second-order valence-corrected chi connectivity index (χ2v) is 5.49. The monoisotopic (exact) mass is 227 g/mol. The lowest BCUT2D eigenvalue weighted by Gasteiger charge is -2.21. The van der Waals surface area contributed by atoms with Gasteiger partial charge in [-0.3, -0.25) is 4.79 Å². The molecule has 0 unspecified atom stereocenters. The Morgan fingerprint density at radius 1 is 1.38 bits per heavy atom. The van der Waals surface area contributed by atoms with E-state index in [9.17, 15) is 9.90 Å². The molecule has 0 atom stereocenters. The lowest BCUT2D eigenvalue weighted by Crippen LogP contribution is -2.35. The van der Waals surface area contributed by atoms with Gasteiger partial charge in [0.25, 0.3) is 0 Å². The number of hydrogen-bond acceptors (Lipinski definition) is 2. The maximum atomic E-state index is 11.6. The van der Waals surface area contributed by atoms with Crippen molar-refractivity contribution < 1.29 is 9.90 Å². The third-order valence-corrected chi connectivity index (χ3v) is 3.30. The average Bonchev–Trinajstić information content (AvgIpc) is 2.59. The Morgan fingerprint density at radius 3 is 2.56 bits per heavy atom. The molecule has 0 aromatic carbocycles. The first-order chi connectivity index (χ1) is 7.52. The van der Waals surface area contributed by atoms with Crippen LogP contribution in [0, 0.1) is 5.92 Å². The Balaban J connectivity index is 2.11. The third-order valence-electron chi connectivity index (χ3n) is 3.30. The van der Waals surface area contributed by atoms with Gasteiger partial charge in [0.15, 0.2) is 0 Å². The molecular formula is C13H25NO2. The summed E-state index contributed by atoms with van der Waals surface area (Å²) in [5.41, 5.74) is -0.706. The van der Waals surface area contributed by atoms with Gasteiger partial charge in [0.05, 0.1) is 12.0 Å². The van der Waals surface area contributed by atoms with Gasteiger partial charge >= 0.3 is 0 Å². The molecule has 1 fully saturated rings. The molecule has 0 heterocycles. The Morgan fingerprint density at radius 2 is 2.00 bits per heavy atom. The highest BCUT2D eigenvalue weighted by Crippen LogP contribution is 2.32. The predicted octanol–water partition coefficient (Wildman–Crippen LogP) is 2.23. The molecule has 3 nitrogen and oxygen atoms in total. The van der Waals surface area contributed by atoms with E-state index in [1.807, 2.05) is 0 Å². The van der Waals surface area contributed by atoms with Gasteiger partial charge < -0.3 is 10.4 Å². The zero-order valence-corrected chi connectivity index (χ0v) is 10.6. The van der Waals surface area contributed by atoms with E-state index in [-0.39, 0.29) is 12.3 Å². The van der Waals surface area contributed by atoms with E-state index in [0.717, 1.165) is 45.1 Å². The summed E-state index contributed by atoms with van der Waals surface area (Å²) in [6, 6.07) is 0. The molecule has 0 aliphatic heterocycles. The zero-order valence-electron chi connectivity index (χ0n) is 10.6. The average molecular weight is 227 g/mol. The summed E-state index contributed by atoms with van der Waals surface area (Å²) in [5, 5.41) is 12.9. The molecule has 3 heteroatoms. The molecule has 0 radical (unpaired) electrons. The first-order valence-corrected chi connectivity index (χ1v) is 6.51. The first kappa shape index (κ1) is 13.5. The molecule has 1 saturated carbocycles. The Kier molecular flexibility index (Phi) is 5.26. The number of amides is 1. The van der Waals surface area contributed by atoms with Gasteiger partial charge in [0.2, 0.25) is 5.91 Å². The highest BCUT2D eigenvalue weighted by Gasteiger charge is 2.33. The summed E-state index contributed by atoms with van der Waals surface area (Å²) >= 11 is 0. The molecule has 1 aliphatic rings. The second-order valence-electron chi connectivity index (χ2n) is 5.49. The topological polar surface area (TPSA) is 49.3 Å². The van der Waals surface area contributed by atoms with Gasteiger partial charge in [0.1, 0.15) is 0 Å². The van der Waals surface area contributed by atoms with E-state index in [1.165, 1.54) is 0 Å². The summed E-state index contributed by atoms with van der Waals surface area (Å²) in [7, 11) is 0. The smallest absolute Gasteiger partial charge is 0.222 e. The van der Waals surface area contributed by atoms with Crippen molar-refractivity contribution in [3.8, 4) is 0 Å². The van der Waals surface area contributed by atoms with Gasteiger partial charge in [-0.1, -0.05) is 26.7 Å². The maximum absolute atomic E-state index is 11.6. The summed E-state index contributed by atoms with van der Waals surface area (Å²) in [5.74, 6) is 0.698. The van der Waals surface area contributed by atoms with E-state index in [1.54, 1.807) is 0 Å². The number of aliphatic hydroxyl groups is 1. The van der Waals surface area contributed by atoms with Crippen molar-refractivity contribution in [3.63, 3.8) is 0 Å². The number of hydrogen-bond donors (Lipinski definition) is 2. The van der Waals surface area contributed by atoms with Gasteiger partial charge in [-0.2, -0.15) is 0 Å². The first-order valence-electron chi connectivity index (χ1n) is 6.51. The normalized spacial score (nSPS) is 19.0. The van der Waals surface area contributed by atoms with Crippen LogP contribution in [0.4, 0.5) is 0 Å². The molecule has 0 saturated heterocycles. The molecule has 94 valence electrons. The largest absolute Gasteiger partial charge is 0.389 e.